The monoisotopic (exact) mass is 426 g/mol. The van der Waals surface area contributed by atoms with E-state index < -0.39 is 0 Å². The Labute approximate surface area is 162 Å². The topological polar surface area (TPSA) is 54.1 Å². The van der Waals surface area contributed by atoms with Crippen LogP contribution in [-0.2, 0) is 11.2 Å². The number of aromatic amines is 1. The molecule has 0 saturated carbocycles. The van der Waals surface area contributed by atoms with Crippen molar-refractivity contribution >= 4 is 44.5 Å². The summed E-state index contributed by atoms with van der Waals surface area (Å²) in [5.74, 6) is 0.979. The number of ether oxygens (including phenoxy) is 1. The second-order valence-electron chi connectivity index (χ2n) is 5.94. The number of hydrogen-bond acceptors (Lipinski definition) is 3. The highest BCUT2D eigenvalue weighted by atomic mass is 79.9. The fourth-order valence-corrected chi connectivity index (χ4v) is 3.78. The van der Waals surface area contributed by atoms with Crippen LogP contribution in [0.3, 0.4) is 0 Å². The first-order valence-corrected chi connectivity index (χ1v) is 11.2. The summed E-state index contributed by atoms with van der Waals surface area (Å²) in [5, 5.41) is 5.79. The summed E-state index contributed by atoms with van der Waals surface area (Å²) in [6.07, 6.45) is 7.42. The van der Waals surface area contributed by atoms with Crippen LogP contribution in [0.25, 0.3) is 10.9 Å². The van der Waals surface area contributed by atoms with Gasteiger partial charge in [0.1, 0.15) is 5.75 Å². The van der Waals surface area contributed by atoms with E-state index in [9.17, 15) is 4.79 Å². The number of amides is 1. The van der Waals surface area contributed by atoms with Gasteiger partial charge in [-0.15, -0.1) is 11.8 Å². The number of unbranched alkanes of at least 4 members (excludes halogenated alkanes) is 3. The molecule has 138 valence electrons. The molecule has 4 nitrogen and oxygen atoms in total. The zero-order chi connectivity index (χ0) is 18.1. The Morgan fingerprint density at radius 3 is 2.80 bits per heavy atom. The molecule has 25 heavy (non-hydrogen) atoms. The molecule has 0 fully saturated rings. The summed E-state index contributed by atoms with van der Waals surface area (Å²) in [6, 6.07) is 6.32. The lowest BCUT2D eigenvalue weighted by Gasteiger charge is -2.07. The third-order valence-electron chi connectivity index (χ3n) is 4.18. The van der Waals surface area contributed by atoms with E-state index in [1.54, 1.807) is 11.8 Å². The Kier molecular flexibility index (Phi) is 8.68. The highest BCUT2D eigenvalue weighted by Crippen LogP contribution is 2.31. The normalized spacial score (nSPS) is 11.0. The number of aryl methyl sites for hydroxylation is 1. The molecule has 2 N–H and O–H groups in total. The first-order chi connectivity index (χ1) is 12.2. The van der Waals surface area contributed by atoms with Crippen LogP contribution in [0.1, 0.15) is 38.2 Å². The summed E-state index contributed by atoms with van der Waals surface area (Å²) in [5.41, 5.74) is 2.54. The Balaban J connectivity index is 1.72. The van der Waals surface area contributed by atoms with E-state index in [1.807, 2.05) is 0 Å². The minimum atomic E-state index is 0.0545. The number of halogens is 1. The van der Waals surface area contributed by atoms with E-state index in [-0.39, 0.29) is 5.91 Å². The van der Waals surface area contributed by atoms with E-state index in [4.69, 9.17) is 4.74 Å². The number of H-pyrrole nitrogens is 1. The van der Waals surface area contributed by atoms with Gasteiger partial charge >= 0.3 is 0 Å². The molecular weight excluding hydrogens is 400 g/mol. The Morgan fingerprint density at radius 1 is 1.28 bits per heavy atom. The number of carbonyl (C=O) groups excluding carboxylic acids is 1. The number of aromatic nitrogens is 1. The van der Waals surface area contributed by atoms with Gasteiger partial charge in [0.05, 0.1) is 22.5 Å². The number of hydrogen-bond donors (Lipinski definition) is 2. The predicted molar refractivity (Wildman–Crippen MR) is 110 cm³/mol. The molecule has 6 heteroatoms. The van der Waals surface area contributed by atoms with Gasteiger partial charge in [-0.2, -0.15) is 0 Å². The quantitative estimate of drug-likeness (QED) is 0.305. The fraction of sp³-hybridized carbons (Fsp3) is 0.526. The molecule has 1 aromatic heterocycles. The van der Waals surface area contributed by atoms with Crippen molar-refractivity contribution in [1.29, 1.82) is 0 Å². The molecule has 0 unspecified atom stereocenters. The van der Waals surface area contributed by atoms with Crippen molar-refractivity contribution in [2.45, 2.75) is 44.1 Å². The molecule has 0 spiro atoms. The minimum absolute atomic E-state index is 0.0545. The molecule has 0 radical (unpaired) electrons. The molecule has 0 aliphatic rings. The number of rotatable bonds is 11. The van der Waals surface area contributed by atoms with Crippen molar-refractivity contribution in [1.82, 2.24) is 10.3 Å². The molecule has 2 rings (SSSR count). The van der Waals surface area contributed by atoms with Gasteiger partial charge in [0.2, 0.25) is 5.91 Å². The van der Waals surface area contributed by atoms with Gasteiger partial charge in [-0.05, 0) is 43.2 Å². The maximum absolute atomic E-state index is 11.1. The summed E-state index contributed by atoms with van der Waals surface area (Å²) >= 11 is 4.90. The van der Waals surface area contributed by atoms with Crippen LogP contribution in [0.2, 0.25) is 0 Å². The highest BCUT2D eigenvalue weighted by molar-refractivity contribution is 9.09. The summed E-state index contributed by atoms with van der Waals surface area (Å²) in [6.45, 7) is 3.68. The van der Waals surface area contributed by atoms with Gasteiger partial charge in [0, 0.05) is 18.0 Å². The Hall–Kier alpha value is -1.14. The first-order valence-electron chi connectivity index (χ1n) is 8.83. The second-order valence-corrected chi connectivity index (χ2v) is 7.32. The second kappa shape index (κ2) is 10.8. The van der Waals surface area contributed by atoms with E-state index in [2.05, 4.69) is 57.6 Å². The highest BCUT2D eigenvalue weighted by Gasteiger charge is 2.09. The number of alkyl halides is 1. The number of fused-ring (bicyclic) bond motifs is 1. The molecule has 0 bridgehead atoms. The van der Waals surface area contributed by atoms with Crippen molar-refractivity contribution in [2.24, 2.45) is 0 Å². The van der Waals surface area contributed by atoms with Gasteiger partial charge in [0.15, 0.2) is 0 Å². The molecule has 0 aliphatic heterocycles. The molecular formula is C19H27BrN2O2S. The number of benzene rings is 1. The van der Waals surface area contributed by atoms with Crippen LogP contribution in [0.5, 0.6) is 5.75 Å². The third kappa shape index (κ3) is 5.96. The fourth-order valence-electron chi connectivity index (χ4n) is 2.87. The zero-order valence-electron chi connectivity index (χ0n) is 15.0. The smallest absolute Gasteiger partial charge is 0.230 e. The molecule has 1 aromatic carbocycles. The van der Waals surface area contributed by atoms with Crippen LogP contribution in [-0.4, -0.2) is 35.6 Å². The van der Waals surface area contributed by atoms with Gasteiger partial charge in [-0.25, -0.2) is 0 Å². The van der Waals surface area contributed by atoms with E-state index >= 15 is 0 Å². The average molecular weight is 427 g/mol. The number of nitrogens with one attached hydrogen (secondary N) is 2. The van der Waals surface area contributed by atoms with Crippen molar-refractivity contribution in [3.8, 4) is 5.75 Å². The average Bonchev–Trinajstić information content (AvgIpc) is 3.00. The van der Waals surface area contributed by atoms with Crippen LogP contribution < -0.4 is 10.1 Å². The van der Waals surface area contributed by atoms with Gasteiger partial charge in [-0.1, -0.05) is 35.7 Å². The molecule has 0 aliphatic carbocycles. The zero-order valence-corrected chi connectivity index (χ0v) is 17.4. The van der Waals surface area contributed by atoms with Gasteiger partial charge in [0.25, 0.3) is 0 Å². The van der Waals surface area contributed by atoms with E-state index in [1.165, 1.54) is 16.0 Å². The predicted octanol–water partition coefficient (Wildman–Crippen LogP) is 4.90. The molecule has 0 saturated heterocycles. The van der Waals surface area contributed by atoms with Crippen molar-refractivity contribution in [2.75, 3.05) is 24.7 Å². The molecule has 1 heterocycles. The van der Waals surface area contributed by atoms with Crippen LogP contribution in [0, 0.1) is 0 Å². The van der Waals surface area contributed by atoms with Crippen molar-refractivity contribution < 1.29 is 9.53 Å². The van der Waals surface area contributed by atoms with E-state index in [0.717, 1.165) is 56.5 Å². The first kappa shape index (κ1) is 20.2. The van der Waals surface area contributed by atoms with Gasteiger partial charge in [-0.3, -0.25) is 4.79 Å². The standard InChI is InChI=1S/C19H27BrN2O2S/c1-3-15-16-9-8-14(12-17(16)22-19(15)25-2)24-11-7-5-4-6-10-21-18(23)13-20/h8-9,12,22H,3-7,10-11,13H2,1-2H3,(H,21,23). The Bertz CT molecular complexity index is 687. The summed E-state index contributed by atoms with van der Waals surface area (Å²) < 4.78 is 5.89. The molecule has 0 atom stereocenters. The summed E-state index contributed by atoms with van der Waals surface area (Å²) in [4.78, 5) is 14.6. The SMILES string of the molecule is CCc1c(SC)[nH]c2cc(OCCCCCCNC(=O)CBr)ccc12. The maximum atomic E-state index is 11.1. The van der Waals surface area contributed by atoms with Crippen LogP contribution in [0.4, 0.5) is 0 Å². The van der Waals surface area contributed by atoms with Crippen molar-refractivity contribution in [3.63, 3.8) is 0 Å². The Morgan fingerprint density at radius 2 is 2.08 bits per heavy atom. The number of thioether (sulfide) groups is 1. The molecule has 1 amide bonds. The third-order valence-corrected chi connectivity index (χ3v) is 5.45. The van der Waals surface area contributed by atoms with Crippen molar-refractivity contribution in [3.05, 3.63) is 23.8 Å². The molecule has 2 aromatic rings. The lowest BCUT2D eigenvalue weighted by molar-refractivity contribution is -0.118. The minimum Gasteiger partial charge on any atom is -0.494 e. The lowest BCUT2D eigenvalue weighted by atomic mass is 10.1. The van der Waals surface area contributed by atoms with E-state index in [0.29, 0.717) is 5.33 Å². The maximum Gasteiger partial charge on any atom is 0.230 e. The van der Waals surface area contributed by atoms with Gasteiger partial charge < -0.3 is 15.0 Å². The lowest BCUT2D eigenvalue weighted by Crippen LogP contribution is -2.25. The number of carbonyl (C=O) groups is 1. The largest absolute Gasteiger partial charge is 0.494 e. The van der Waals surface area contributed by atoms with Crippen LogP contribution in [0.15, 0.2) is 23.2 Å². The summed E-state index contributed by atoms with van der Waals surface area (Å²) in [7, 11) is 0. The van der Waals surface area contributed by atoms with Crippen LogP contribution >= 0.6 is 27.7 Å².